The third-order valence-corrected chi connectivity index (χ3v) is 9.29. The van der Waals surface area contributed by atoms with E-state index in [0.717, 1.165) is 77.3 Å². The molecule has 11 nitrogen and oxygen atoms in total. The van der Waals surface area contributed by atoms with E-state index >= 15 is 0 Å². The molecule has 230 valence electrons. The number of benzene rings is 1. The van der Waals surface area contributed by atoms with E-state index in [2.05, 4.69) is 10.2 Å². The predicted molar refractivity (Wildman–Crippen MR) is 159 cm³/mol. The highest BCUT2D eigenvalue weighted by atomic mass is 16.5. The van der Waals surface area contributed by atoms with Gasteiger partial charge in [-0.3, -0.25) is 14.4 Å². The first kappa shape index (κ1) is 31.5. The first-order valence-corrected chi connectivity index (χ1v) is 15.4. The lowest BCUT2D eigenvalue weighted by atomic mass is 9.62. The molecule has 4 rings (SSSR count). The number of hydrogen-bond donors (Lipinski definition) is 2. The monoisotopic (exact) mass is 584 g/mol. The van der Waals surface area contributed by atoms with Gasteiger partial charge in [-0.05, 0) is 62.7 Å². The third-order valence-electron chi connectivity index (χ3n) is 9.29. The van der Waals surface area contributed by atoms with Crippen molar-refractivity contribution in [3.05, 3.63) is 38.5 Å². The highest BCUT2D eigenvalue weighted by Gasteiger charge is 2.56. The van der Waals surface area contributed by atoms with Gasteiger partial charge in [-0.1, -0.05) is 52.4 Å². The van der Waals surface area contributed by atoms with Gasteiger partial charge in [0.2, 0.25) is 11.8 Å². The number of hydrogen-bond acceptors (Lipinski definition) is 8. The van der Waals surface area contributed by atoms with Crippen molar-refractivity contribution in [2.24, 2.45) is 17.6 Å². The van der Waals surface area contributed by atoms with Gasteiger partial charge in [0, 0.05) is 20.0 Å². The molecule has 0 saturated heterocycles. The molecule has 11 heteroatoms. The second kappa shape index (κ2) is 13.7. The van der Waals surface area contributed by atoms with Gasteiger partial charge in [-0.2, -0.15) is 0 Å². The van der Waals surface area contributed by atoms with Gasteiger partial charge in [0.05, 0.1) is 11.3 Å². The first-order valence-electron chi connectivity index (χ1n) is 15.4. The Bertz CT molecular complexity index is 1380. The van der Waals surface area contributed by atoms with E-state index < -0.39 is 34.5 Å². The maximum absolute atomic E-state index is 14.8. The van der Waals surface area contributed by atoms with Crippen LogP contribution in [-0.2, 0) is 9.59 Å². The quantitative estimate of drug-likeness (QED) is 0.377. The maximum Gasteiger partial charge on any atom is 0.423 e. The zero-order valence-corrected chi connectivity index (χ0v) is 25.0. The van der Waals surface area contributed by atoms with Gasteiger partial charge in [0.1, 0.15) is 5.54 Å². The van der Waals surface area contributed by atoms with Crippen molar-refractivity contribution >= 4 is 34.6 Å². The Morgan fingerprint density at radius 3 is 1.86 bits per heavy atom. The first-order chi connectivity index (χ1) is 20.1. The Hall–Kier alpha value is -3.47. The number of fused-ring (bicyclic) bond motifs is 1. The van der Waals surface area contributed by atoms with E-state index in [4.69, 9.17) is 14.6 Å². The van der Waals surface area contributed by atoms with Crippen LogP contribution >= 0.6 is 0 Å². The molecule has 3 amide bonds. The molecular formula is C31H44N4O7. The van der Waals surface area contributed by atoms with Crippen LogP contribution in [0.1, 0.15) is 95.3 Å². The molecule has 1 heterocycles. The minimum Gasteiger partial charge on any atom is -0.413 e. The third kappa shape index (κ3) is 6.16. The fourth-order valence-electron chi connectivity index (χ4n) is 7.27. The van der Waals surface area contributed by atoms with Gasteiger partial charge in [0.15, 0.2) is 11.2 Å². The normalized spacial score (nSPS) is 17.0. The van der Waals surface area contributed by atoms with E-state index in [0.29, 0.717) is 6.54 Å². The number of amides is 3. The number of anilines is 1. The lowest BCUT2D eigenvalue weighted by molar-refractivity contribution is -0.140. The predicted octanol–water partition coefficient (Wildman–Crippen LogP) is 3.87. The fourth-order valence-corrected chi connectivity index (χ4v) is 7.27. The average Bonchev–Trinajstić information content (AvgIpc) is 2.98. The summed E-state index contributed by atoms with van der Waals surface area (Å²) < 4.78 is 10.6. The average molecular weight is 585 g/mol. The summed E-state index contributed by atoms with van der Waals surface area (Å²) in [7, 11) is 0. The minimum absolute atomic E-state index is 0.0308. The highest BCUT2D eigenvalue weighted by Crippen LogP contribution is 2.47. The lowest BCUT2D eigenvalue weighted by Gasteiger charge is -2.53. The Kier molecular flexibility index (Phi) is 10.2. The molecule has 0 unspecified atom stereocenters. The molecule has 2 aromatic rings. The smallest absolute Gasteiger partial charge is 0.413 e. The van der Waals surface area contributed by atoms with Crippen LogP contribution in [0.5, 0.6) is 0 Å². The molecule has 0 radical (unpaired) electrons. The van der Waals surface area contributed by atoms with Crippen molar-refractivity contribution in [2.75, 3.05) is 31.5 Å². The number of nitrogens with one attached hydrogen (secondary N) is 1. The van der Waals surface area contributed by atoms with Crippen LogP contribution in [0, 0.1) is 11.8 Å². The van der Waals surface area contributed by atoms with E-state index in [9.17, 15) is 24.0 Å². The van der Waals surface area contributed by atoms with E-state index in [-0.39, 0.29) is 40.8 Å². The molecule has 2 saturated carbocycles. The summed E-state index contributed by atoms with van der Waals surface area (Å²) in [6.45, 7) is 7.67. The van der Waals surface area contributed by atoms with Gasteiger partial charge < -0.3 is 29.7 Å². The van der Waals surface area contributed by atoms with Crippen LogP contribution < -0.4 is 22.3 Å². The van der Waals surface area contributed by atoms with Crippen molar-refractivity contribution in [3.8, 4) is 0 Å². The zero-order valence-electron chi connectivity index (χ0n) is 25.0. The van der Waals surface area contributed by atoms with Gasteiger partial charge in [0.25, 0.3) is 5.91 Å². The number of likely N-dealkylation sites (N-methyl/N-ethyl adjacent to an activating group) is 1. The molecule has 1 aromatic heterocycles. The second-order valence-corrected chi connectivity index (χ2v) is 11.6. The van der Waals surface area contributed by atoms with Gasteiger partial charge in [-0.25, -0.2) is 9.59 Å². The Balaban J connectivity index is 1.95. The molecule has 0 spiro atoms. The highest BCUT2D eigenvalue weighted by molar-refractivity contribution is 6.09. The van der Waals surface area contributed by atoms with Crippen molar-refractivity contribution in [1.29, 1.82) is 0 Å². The molecule has 2 fully saturated rings. The van der Waals surface area contributed by atoms with Crippen LogP contribution in [0.3, 0.4) is 0 Å². The van der Waals surface area contributed by atoms with E-state index in [1.165, 1.54) is 19.1 Å². The van der Waals surface area contributed by atoms with Crippen LogP contribution in [0.2, 0.25) is 0 Å². The summed E-state index contributed by atoms with van der Waals surface area (Å²) in [6, 6.07) is 2.88. The van der Waals surface area contributed by atoms with Crippen molar-refractivity contribution in [2.45, 2.75) is 90.5 Å². The molecule has 0 aliphatic heterocycles. The Morgan fingerprint density at radius 2 is 1.38 bits per heavy atom. The number of carbonyl (C=O) groups excluding carboxylic acids is 3. The SMILES string of the molecule is CCN(CC)CCN(C(=O)c1ccc(NC(C)=O)c2oc(=O)c(=O)oc12)C(C(N)=O)(C1CCCCC1)C1CCCCC1. The van der Waals surface area contributed by atoms with Crippen LogP contribution in [0.25, 0.3) is 11.2 Å². The fraction of sp³-hybridized carbons (Fsp3) is 0.645. The molecule has 0 atom stereocenters. The van der Waals surface area contributed by atoms with Gasteiger partial charge in [-0.15, -0.1) is 0 Å². The summed E-state index contributed by atoms with van der Waals surface area (Å²) in [4.78, 5) is 69.0. The topological polar surface area (TPSA) is 156 Å². The molecule has 1 aromatic carbocycles. The van der Waals surface area contributed by atoms with Crippen molar-refractivity contribution in [1.82, 2.24) is 9.80 Å². The molecule has 42 heavy (non-hydrogen) atoms. The van der Waals surface area contributed by atoms with Crippen LogP contribution in [-0.4, -0.2) is 59.2 Å². The number of primary amides is 1. The second-order valence-electron chi connectivity index (χ2n) is 11.6. The minimum atomic E-state index is -1.27. The summed E-state index contributed by atoms with van der Waals surface area (Å²) >= 11 is 0. The molecule has 2 aliphatic rings. The van der Waals surface area contributed by atoms with Crippen molar-refractivity contribution in [3.63, 3.8) is 0 Å². The summed E-state index contributed by atoms with van der Waals surface area (Å²) in [5, 5.41) is 2.56. The summed E-state index contributed by atoms with van der Waals surface area (Å²) in [6.07, 6.45) is 9.14. The maximum atomic E-state index is 14.8. The van der Waals surface area contributed by atoms with Gasteiger partial charge >= 0.3 is 11.3 Å². The van der Waals surface area contributed by atoms with E-state index in [1.807, 2.05) is 13.8 Å². The Morgan fingerprint density at radius 1 is 0.857 bits per heavy atom. The van der Waals surface area contributed by atoms with E-state index in [1.54, 1.807) is 4.90 Å². The number of nitrogens with zero attached hydrogens (tertiary/aromatic N) is 2. The molecule has 0 bridgehead atoms. The number of nitrogens with two attached hydrogens (primary N) is 1. The number of rotatable bonds is 11. The van der Waals surface area contributed by atoms with Crippen molar-refractivity contribution < 1.29 is 23.2 Å². The zero-order chi connectivity index (χ0) is 30.4. The lowest BCUT2D eigenvalue weighted by Crippen LogP contribution is -2.69. The Labute approximate surface area is 245 Å². The summed E-state index contributed by atoms with van der Waals surface area (Å²) in [5.74, 6) is -1.67. The summed E-state index contributed by atoms with van der Waals surface area (Å²) in [5.41, 5.74) is 2.25. The molecule has 2 aliphatic carbocycles. The van der Waals surface area contributed by atoms with Crippen LogP contribution in [0.15, 0.2) is 30.6 Å². The standard InChI is InChI=1S/C31H44N4O7/c1-4-34(5-2)18-19-35(31(30(32)40,21-12-8-6-9-13-21)22-14-10-7-11-15-22)27(37)23-16-17-24(33-20(3)36)26-25(23)41-28(38)29(39)42-26/h16-17,21-22H,4-15,18-19H2,1-3H3,(H2,32,40)(H,33,36). The number of carbonyl (C=O) groups is 3. The molecule has 3 N–H and O–H groups in total. The van der Waals surface area contributed by atoms with Crippen LogP contribution in [0.4, 0.5) is 5.69 Å². The molecular weight excluding hydrogens is 540 g/mol. The largest absolute Gasteiger partial charge is 0.423 e.